The van der Waals surface area contributed by atoms with Crippen molar-refractivity contribution in [3.05, 3.63) is 222 Å². The number of hydrogen-bond donors (Lipinski definition) is 0. The molecule has 0 spiro atoms. The Kier molecular flexibility index (Phi) is 5.98. The highest BCUT2D eigenvalue weighted by Crippen LogP contribution is 2.57. The Hall–Kier alpha value is -7.10. The Morgan fingerprint density at radius 1 is 0.389 bits per heavy atom. The van der Waals surface area contributed by atoms with Crippen molar-refractivity contribution >= 4 is 60.9 Å². The Morgan fingerprint density at radius 2 is 0.944 bits per heavy atom. The standard InChI is InChI=1S/C51H33N3/c1-4-17-34(18-5-1)51(35-19-6-2-7-20-35)42-26-13-10-23-38(42)39-32-31-37(33-43(39)51)52(36-21-8-3-9-22-36)46-29-16-30-47-49(46)54-45-28-15-12-25-41(45)48-40-24-11-14-27-44(40)53(47)50(48)54/h1-33H. The van der Waals surface area contributed by atoms with Crippen LogP contribution in [0.2, 0.25) is 0 Å². The zero-order valence-electron chi connectivity index (χ0n) is 29.4. The Balaban J connectivity index is 1.20. The molecule has 1 aliphatic rings. The van der Waals surface area contributed by atoms with Gasteiger partial charge in [-0.2, -0.15) is 0 Å². The van der Waals surface area contributed by atoms with E-state index in [1.165, 1.54) is 77.3 Å². The van der Waals surface area contributed by atoms with Crippen LogP contribution in [0.15, 0.2) is 200 Å². The minimum atomic E-state index is -0.495. The van der Waals surface area contributed by atoms with E-state index in [2.05, 4.69) is 214 Å². The SMILES string of the molecule is c1ccc(N(c2ccc3c(c2)C(c2ccccc2)(c2ccccc2)c2ccccc2-3)c2cccc3c2n2c4ccccc4c4c5ccccc5n3c42)cc1. The number of rotatable bonds is 5. The molecule has 0 aliphatic heterocycles. The maximum atomic E-state index is 2.51. The second-order valence-electron chi connectivity index (χ2n) is 14.5. The van der Waals surface area contributed by atoms with Crippen LogP contribution in [-0.4, -0.2) is 8.80 Å². The summed E-state index contributed by atoms with van der Waals surface area (Å²) in [5, 5.41) is 3.87. The third kappa shape index (κ3) is 3.70. The molecule has 252 valence electrons. The van der Waals surface area contributed by atoms with Crippen molar-refractivity contribution in [2.75, 3.05) is 4.90 Å². The Morgan fingerprint density at radius 3 is 1.65 bits per heavy atom. The van der Waals surface area contributed by atoms with Crippen molar-refractivity contribution in [2.24, 2.45) is 0 Å². The highest BCUT2D eigenvalue weighted by Gasteiger charge is 2.46. The van der Waals surface area contributed by atoms with Gasteiger partial charge < -0.3 is 4.90 Å². The molecule has 54 heavy (non-hydrogen) atoms. The molecule has 3 heteroatoms. The first kappa shape index (κ1) is 29.5. The predicted molar refractivity (Wildman–Crippen MR) is 224 cm³/mol. The van der Waals surface area contributed by atoms with Crippen LogP contribution in [0.3, 0.4) is 0 Å². The topological polar surface area (TPSA) is 12.1 Å². The molecule has 0 saturated heterocycles. The van der Waals surface area contributed by atoms with Gasteiger partial charge in [0.25, 0.3) is 0 Å². The molecular formula is C51H33N3. The van der Waals surface area contributed by atoms with Gasteiger partial charge in [-0.25, -0.2) is 0 Å². The van der Waals surface area contributed by atoms with E-state index in [0.29, 0.717) is 0 Å². The molecule has 0 amide bonds. The smallest absolute Gasteiger partial charge is 0.131 e. The molecule has 1 aliphatic carbocycles. The van der Waals surface area contributed by atoms with Crippen LogP contribution >= 0.6 is 0 Å². The van der Waals surface area contributed by atoms with Gasteiger partial charge in [0.05, 0.1) is 33.2 Å². The van der Waals surface area contributed by atoms with Gasteiger partial charge in [-0.15, -0.1) is 0 Å². The van der Waals surface area contributed by atoms with Gasteiger partial charge in [-0.05, 0) is 81.9 Å². The first-order chi connectivity index (χ1) is 26.8. The molecule has 0 unspecified atom stereocenters. The molecule has 3 nitrogen and oxygen atoms in total. The van der Waals surface area contributed by atoms with Crippen molar-refractivity contribution in [1.29, 1.82) is 0 Å². The summed E-state index contributed by atoms with van der Waals surface area (Å²) in [7, 11) is 0. The van der Waals surface area contributed by atoms with Crippen LogP contribution in [-0.2, 0) is 5.41 Å². The summed E-state index contributed by atoms with van der Waals surface area (Å²) >= 11 is 0. The van der Waals surface area contributed by atoms with Crippen molar-refractivity contribution in [3.8, 4) is 11.1 Å². The van der Waals surface area contributed by atoms with E-state index in [9.17, 15) is 0 Å². The molecule has 0 N–H and O–H groups in total. The van der Waals surface area contributed by atoms with Crippen LogP contribution in [0, 0.1) is 0 Å². The van der Waals surface area contributed by atoms with Crippen LogP contribution in [0.25, 0.3) is 55.0 Å². The van der Waals surface area contributed by atoms with Gasteiger partial charge in [0.1, 0.15) is 5.65 Å². The zero-order valence-corrected chi connectivity index (χ0v) is 29.4. The largest absolute Gasteiger partial charge is 0.308 e. The summed E-state index contributed by atoms with van der Waals surface area (Å²) in [6.07, 6.45) is 0. The van der Waals surface area contributed by atoms with Crippen molar-refractivity contribution < 1.29 is 0 Å². The van der Waals surface area contributed by atoms with E-state index in [-0.39, 0.29) is 0 Å². The van der Waals surface area contributed by atoms with Crippen LogP contribution in [0.4, 0.5) is 17.1 Å². The van der Waals surface area contributed by atoms with E-state index in [0.717, 1.165) is 17.1 Å². The Bertz CT molecular complexity index is 3160. The van der Waals surface area contributed by atoms with Crippen LogP contribution in [0.1, 0.15) is 22.3 Å². The summed E-state index contributed by atoms with van der Waals surface area (Å²) in [5.74, 6) is 0. The minimum absolute atomic E-state index is 0.495. The number of hydrogen-bond acceptors (Lipinski definition) is 1. The molecule has 0 fully saturated rings. The van der Waals surface area contributed by atoms with Gasteiger partial charge in [-0.3, -0.25) is 8.80 Å². The average molecular weight is 688 g/mol. The van der Waals surface area contributed by atoms with Crippen molar-refractivity contribution in [3.63, 3.8) is 0 Å². The van der Waals surface area contributed by atoms with Gasteiger partial charge in [-0.1, -0.05) is 152 Å². The van der Waals surface area contributed by atoms with Crippen LogP contribution < -0.4 is 4.90 Å². The number of benzene rings is 8. The highest BCUT2D eigenvalue weighted by atomic mass is 15.2. The third-order valence-electron chi connectivity index (χ3n) is 11.9. The van der Waals surface area contributed by atoms with E-state index in [4.69, 9.17) is 0 Å². The lowest BCUT2D eigenvalue weighted by molar-refractivity contribution is 0.768. The molecule has 12 rings (SSSR count). The third-order valence-corrected chi connectivity index (χ3v) is 11.9. The van der Waals surface area contributed by atoms with Gasteiger partial charge >= 0.3 is 0 Å². The first-order valence-electron chi connectivity index (χ1n) is 18.7. The van der Waals surface area contributed by atoms with Gasteiger partial charge in [0.2, 0.25) is 0 Å². The number of aromatic nitrogens is 2. The second kappa shape index (κ2) is 11.0. The number of imidazole rings is 1. The monoisotopic (exact) mass is 687 g/mol. The van der Waals surface area contributed by atoms with Crippen LogP contribution in [0.5, 0.6) is 0 Å². The molecule has 0 atom stereocenters. The number of nitrogens with zero attached hydrogens (tertiary/aromatic N) is 3. The first-order valence-corrected chi connectivity index (χ1v) is 18.7. The van der Waals surface area contributed by atoms with E-state index in [1.54, 1.807) is 0 Å². The molecule has 0 bridgehead atoms. The zero-order chi connectivity index (χ0) is 35.4. The molecular weight excluding hydrogens is 655 g/mol. The summed E-state index contributed by atoms with van der Waals surface area (Å²) in [4.78, 5) is 2.47. The van der Waals surface area contributed by atoms with Gasteiger partial charge in [0, 0.05) is 27.5 Å². The normalized spacial score (nSPS) is 13.3. The lowest BCUT2D eigenvalue weighted by atomic mass is 9.67. The summed E-state index contributed by atoms with van der Waals surface area (Å²) in [6.45, 7) is 0. The Labute approximate surface area is 312 Å². The lowest BCUT2D eigenvalue weighted by Crippen LogP contribution is -2.28. The lowest BCUT2D eigenvalue weighted by Gasteiger charge is -2.35. The fourth-order valence-electron chi connectivity index (χ4n) is 9.85. The predicted octanol–water partition coefficient (Wildman–Crippen LogP) is 12.9. The maximum absolute atomic E-state index is 2.51. The molecule has 8 aromatic carbocycles. The fourth-order valence-corrected chi connectivity index (χ4v) is 9.85. The van der Waals surface area contributed by atoms with E-state index < -0.39 is 5.41 Å². The average Bonchev–Trinajstić information content (AvgIpc) is 3.96. The van der Waals surface area contributed by atoms with E-state index >= 15 is 0 Å². The van der Waals surface area contributed by atoms with Gasteiger partial charge in [0.15, 0.2) is 0 Å². The minimum Gasteiger partial charge on any atom is -0.308 e. The summed E-state index contributed by atoms with van der Waals surface area (Å²) in [5.41, 5.74) is 16.6. The quantitative estimate of drug-likeness (QED) is 0.175. The second-order valence-corrected chi connectivity index (χ2v) is 14.5. The molecule has 3 aromatic heterocycles. The van der Waals surface area contributed by atoms with E-state index in [1.807, 2.05) is 0 Å². The molecule has 0 radical (unpaired) electrons. The molecule has 3 heterocycles. The van der Waals surface area contributed by atoms with Crippen molar-refractivity contribution in [2.45, 2.75) is 5.41 Å². The number of anilines is 3. The van der Waals surface area contributed by atoms with Crippen molar-refractivity contribution in [1.82, 2.24) is 8.80 Å². The molecule has 11 aromatic rings. The summed E-state index contributed by atoms with van der Waals surface area (Å²) < 4.78 is 4.98. The molecule has 0 saturated carbocycles. The number of para-hydroxylation sites is 4. The summed E-state index contributed by atoms with van der Waals surface area (Å²) in [6, 6.07) is 73.6. The maximum Gasteiger partial charge on any atom is 0.131 e. The fraction of sp³-hybridized carbons (Fsp3) is 0.0196. The number of fused-ring (bicyclic) bond motifs is 12. The highest BCUT2D eigenvalue weighted by molar-refractivity contribution is 6.24.